The molecule has 120 valence electrons. The Balaban J connectivity index is 1.57. The fourth-order valence-electron chi connectivity index (χ4n) is 3.50. The maximum atomic E-state index is 12.2. The summed E-state index contributed by atoms with van der Waals surface area (Å²) in [5, 5.41) is 3.03. The van der Waals surface area contributed by atoms with Crippen LogP contribution in [0.15, 0.2) is 54.6 Å². The zero-order valence-electron chi connectivity index (χ0n) is 13.7. The van der Waals surface area contributed by atoms with Crippen LogP contribution in [0.1, 0.15) is 35.6 Å². The van der Waals surface area contributed by atoms with Gasteiger partial charge in [0.1, 0.15) is 6.04 Å². The van der Waals surface area contributed by atoms with Gasteiger partial charge in [-0.15, -0.1) is 0 Å². The summed E-state index contributed by atoms with van der Waals surface area (Å²) in [5.74, 6) is 0.120. The molecule has 1 amide bonds. The van der Waals surface area contributed by atoms with Crippen LogP contribution in [0, 0.1) is 0 Å². The van der Waals surface area contributed by atoms with E-state index in [1.165, 1.54) is 28.9 Å². The maximum absolute atomic E-state index is 12.2. The molecule has 0 spiro atoms. The predicted octanol–water partition coefficient (Wildman–Crippen LogP) is 1.90. The van der Waals surface area contributed by atoms with Gasteiger partial charge >= 0.3 is 0 Å². The van der Waals surface area contributed by atoms with Crippen molar-refractivity contribution in [3.8, 4) is 0 Å². The van der Waals surface area contributed by atoms with E-state index in [-0.39, 0.29) is 5.91 Å². The van der Waals surface area contributed by atoms with E-state index in [9.17, 15) is 4.79 Å². The molecule has 23 heavy (non-hydrogen) atoms. The van der Waals surface area contributed by atoms with Crippen LogP contribution < -0.4 is 10.2 Å². The Morgan fingerprint density at radius 1 is 1.13 bits per heavy atom. The third-order valence-corrected chi connectivity index (χ3v) is 4.74. The second-order valence-corrected chi connectivity index (χ2v) is 6.43. The Kier molecular flexibility index (Phi) is 5.09. The van der Waals surface area contributed by atoms with Crippen molar-refractivity contribution in [1.29, 1.82) is 0 Å². The molecule has 3 rings (SSSR count). The van der Waals surface area contributed by atoms with Crippen molar-refractivity contribution >= 4 is 5.91 Å². The lowest BCUT2D eigenvalue weighted by Crippen LogP contribution is -3.10. The minimum atomic E-state index is 0.120. The Morgan fingerprint density at radius 3 is 2.70 bits per heavy atom. The highest BCUT2D eigenvalue weighted by atomic mass is 16.2. The molecule has 3 heteroatoms. The summed E-state index contributed by atoms with van der Waals surface area (Å²) in [5.41, 5.74) is 4.02. The van der Waals surface area contributed by atoms with Gasteiger partial charge in [0.15, 0.2) is 6.54 Å². The molecule has 1 aliphatic rings. The fraction of sp³-hybridized carbons (Fsp3) is 0.350. The summed E-state index contributed by atoms with van der Waals surface area (Å²) in [6.07, 6.45) is 3.54. The Labute approximate surface area is 138 Å². The number of carbonyl (C=O) groups excluding carboxylic acids is 1. The van der Waals surface area contributed by atoms with Crippen LogP contribution in [-0.2, 0) is 17.8 Å². The maximum Gasteiger partial charge on any atom is 0.275 e. The summed E-state index contributed by atoms with van der Waals surface area (Å²) in [4.78, 5) is 13.5. The quantitative estimate of drug-likeness (QED) is 0.869. The molecule has 0 aromatic heterocycles. The predicted molar refractivity (Wildman–Crippen MR) is 92.2 cm³/mol. The average molecular weight is 309 g/mol. The third kappa shape index (κ3) is 3.99. The first kappa shape index (κ1) is 15.8. The van der Waals surface area contributed by atoms with E-state index < -0.39 is 0 Å². The number of rotatable bonds is 5. The van der Waals surface area contributed by atoms with Gasteiger partial charge in [0.05, 0.1) is 7.05 Å². The SMILES string of the molecule is C[NH+](CC(=O)NCc1ccccc1)[C@@H]1CCCc2ccccc21. The first-order chi connectivity index (χ1) is 11.2. The van der Waals surface area contributed by atoms with Crippen LogP contribution in [0.4, 0.5) is 0 Å². The topological polar surface area (TPSA) is 33.5 Å². The number of carbonyl (C=O) groups is 1. The lowest BCUT2D eigenvalue weighted by molar-refractivity contribution is -0.905. The molecule has 0 saturated heterocycles. The second-order valence-electron chi connectivity index (χ2n) is 6.43. The molecule has 2 N–H and O–H groups in total. The molecule has 0 aliphatic heterocycles. The molecular formula is C20H25N2O+. The van der Waals surface area contributed by atoms with E-state index in [2.05, 4.69) is 36.6 Å². The number of fused-ring (bicyclic) bond motifs is 1. The Morgan fingerprint density at radius 2 is 1.87 bits per heavy atom. The van der Waals surface area contributed by atoms with E-state index in [4.69, 9.17) is 0 Å². The van der Waals surface area contributed by atoms with E-state index in [0.29, 0.717) is 19.1 Å². The standard InChI is InChI=1S/C20H24N2O/c1-22(15-20(23)21-14-16-8-3-2-4-9-16)19-13-7-11-17-10-5-6-12-18(17)19/h2-6,8-10,12,19H,7,11,13-15H2,1H3,(H,21,23)/p+1/t19-/m1/s1. The van der Waals surface area contributed by atoms with Crippen LogP contribution in [-0.4, -0.2) is 19.5 Å². The number of hydrogen-bond donors (Lipinski definition) is 2. The smallest absolute Gasteiger partial charge is 0.275 e. The summed E-state index contributed by atoms with van der Waals surface area (Å²) in [6.45, 7) is 1.13. The summed E-state index contributed by atoms with van der Waals surface area (Å²) in [6, 6.07) is 19.2. The summed E-state index contributed by atoms with van der Waals surface area (Å²) < 4.78 is 0. The lowest BCUT2D eigenvalue weighted by Gasteiger charge is -2.30. The van der Waals surface area contributed by atoms with Crippen LogP contribution in [0.2, 0.25) is 0 Å². The van der Waals surface area contributed by atoms with Crippen molar-refractivity contribution in [1.82, 2.24) is 5.32 Å². The second kappa shape index (κ2) is 7.42. The molecule has 2 aromatic carbocycles. The van der Waals surface area contributed by atoms with Crippen molar-refractivity contribution in [3.05, 3.63) is 71.3 Å². The molecule has 1 unspecified atom stereocenters. The van der Waals surface area contributed by atoms with Gasteiger partial charge in [-0.25, -0.2) is 0 Å². The number of amides is 1. The highest BCUT2D eigenvalue weighted by molar-refractivity contribution is 5.76. The van der Waals surface area contributed by atoms with Gasteiger partial charge in [-0.1, -0.05) is 54.6 Å². The van der Waals surface area contributed by atoms with Gasteiger partial charge in [-0.05, 0) is 24.0 Å². The molecule has 1 aliphatic carbocycles. The Bertz CT molecular complexity index is 654. The van der Waals surface area contributed by atoms with Crippen molar-refractivity contribution < 1.29 is 9.69 Å². The molecule has 0 heterocycles. The normalized spacial score (nSPS) is 18.0. The van der Waals surface area contributed by atoms with Crippen molar-refractivity contribution in [2.24, 2.45) is 0 Å². The third-order valence-electron chi connectivity index (χ3n) is 4.74. The molecule has 0 radical (unpaired) electrons. The van der Waals surface area contributed by atoms with Gasteiger partial charge in [0.25, 0.3) is 5.91 Å². The number of benzene rings is 2. The first-order valence-electron chi connectivity index (χ1n) is 8.45. The summed E-state index contributed by atoms with van der Waals surface area (Å²) >= 11 is 0. The van der Waals surface area contributed by atoms with Crippen molar-refractivity contribution in [3.63, 3.8) is 0 Å². The van der Waals surface area contributed by atoms with Crippen LogP contribution in [0.5, 0.6) is 0 Å². The van der Waals surface area contributed by atoms with Gasteiger partial charge in [-0.3, -0.25) is 4.79 Å². The molecule has 3 nitrogen and oxygen atoms in total. The van der Waals surface area contributed by atoms with Crippen LogP contribution >= 0.6 is 0 Å². The van der Waals surface area contributed by atoms with Crippen LogP contribution in [0.25, 0.3) is 0 Å². The number of aryl methyl sites for hydroxylation is 1. The number of hydrogen-bond acceptors (Lipinski definition) is 1. The van der Waals surface area contributed by atoms with E-state index >= 15 is 0 Å². The van der Waals surface area contributed by atoms with E-state index in [1.54, 1.807) is 0 Å². The molecular weight excluding hydrogens is 284 g/mol. The molecule has 0 bridgehead atoms. The first-order valence-corrected chi connectivity index (χ1v) is 8.45. The largest absolute Gasteiger partial charge is 0.347 e. The minimum absolute atomic E-state index is 0.120. The van der Waals surface area contributed by atoms with Gasteiger partial charge in [0, 0.05) is 18.5 Å². The zero-order valence-corrected chi connectivity index (χ0v) is 13.7. The summed E-state index contributed by atoms with van der Waals surface area (Å²) in [7, 11) is 2.13. The fourth-order valence-corrected chi connectivity index (χ4v) is 3.50. The number of quaternary nitrogens is 1. The minimum Gasteiger partial charge on any atom is -0.347 e. The monoisotopic (exact) mass is 309 g/mol. The van der Waals surface area contributed by atoms with E-state index in [0.717, 1.165) is 12.0 Å². The Hall–Kier alpha value is -2.13. The highest BCUT2D eigenvalue weighted by Gasteiger charge is 2.27. The van der Waals surface area contributed by atoms with Crippen molar-refractivity contribution in [2.75, 3.05) is 13.6 Å². The average Bonchev–Trinajstić information content (AvgIpc) is 2.60. The van der Waals surface area contributed by atoms with Crippen LogP contribution in [0.3, 0.4) is 0 Å². The molecule has 2 atom stereocenters. The van der Waals surface area contributed by atoms with E-state index in [1.807, 2.05) is 30.3 Å². The molecule has 0 saturated carbocycles. The van der Waals surface area contributed by atoms with Gasteiger partial charge in [-0.2, -0.15) is 0 Å². The molecule has 0 fully saturated rings. The molecule has 2 aromatic rings. The number of nitrogens with one attached hydrogen (secondary N) is 2. The van der Waals surface area contributed by atoms with Gasteiger partial charge < -0.3 is 10.2 Å². The van der Waals surface area contributed by atoms with Gasteiger partial charge in [0.2, 0.25) is 0 Å². The zero-order chi connectivity index (χ0) is 16.1. The van der Waals surface area contributed by atoms with Crippen molar-refractivity contribution in [2.45, 2.75) is 31.8 Å². The highest BCUT2D eigenvalue weighted by Crippen LogP contribution is 2.27. The number of likely N-dealkylation sites (N-methyl/N-ethyl adjacent to an activating group) is 1. The lowest BCUT2D eigenvalue weighted by atomic mass is 9.87.